The zero-order valence-electron chi connectivity index (χ0n) is 14.2. The molecule has 0 heterocycles. The van der Waals surface area contributed by atoms with E-state index in [4.69, 9.17) is 14.6 Å². The number of carboxylic acid groups (broad SMARTS) is 1. The van der Waals surface area contributed by atoms with Gasteiger partial charge in [0, 0.05) is 12.3 Å². The summed E-state index contributed by atoms with van der Waals surface area (Å²) in [6, 6.07) is 11.6. The van der Waals surface area contributed by atoms with Crippen molar-refractivity contribution in [1.29, 1.82) is 0 Å². The molecule has 2 aromatic carbocycles. The molecule has 0 spiro atoms. The number of benzene rings is 2. The zero-order valence-corrected chi connectivity index (χ0v) is 14.2. The zero-order chi connectivity index (χ0) is 18.2. The van der Waals surface area contributed by atoms with Crippen LogP contribution in [-0.2, 0) is 4.74 Å². The largest absolute Gasteiger partial charge is 0.490 e. The number of para-hydroxylation sites is 1. The van der Waals surface area contributed by atoms with Gasteiger partial charge in [0.1, 0.15) is 12.4 Å². The maximum atomic E-state index is 12.5. The van der Waals surface area contributed by atoms with E-state index in [2.05, 4.69) is 5.32 Å². The van der Waals surface area contributed by atoms with Crippen molar-refractivity contribution in [3.05, 3.63) is 59.2 Å². The number of nitrogens with one attached hydrogen (secondary N) is 1. The van der Waals surface area contributed by atoms with Crippen LogP contribution < -0.4 is 10.1 Å². The fourth-order valence-corrected chi connectivity index (χ4v) is 2.31. The average Bonchev–Trinajstić information content (AvgIpc) is 2.59. The lowest BCUT2D eigenvalue weighted by Crippen LogP contribution is -2.15. The topological polar surface area (TPSA) is 84.9 Å². The third kappa shape index (κ3) is 5.06. The van der Waals surface area contributed by atoms with E-state index in [1.165, 1.54) is 6.07 Å². The van der Waals surface area contributed by atoms with Gasteiger partial charge in [-0.15, -0.1) is 0 Å². The predicted molar refractivity (Wildman–Crippen MR) is 94.5 cm³/mol. The predicted octanol–water partition coefficient (Wildman–Crippen LogP) is 3.36. The lowest BCUT2D eigenvalue weighted by atomic mass is 10.1. The molecule has 0 aliphatic carbocycles. The first-order valence-electron chi connectivity index (χ1n) is 7.97. The van der Waals surface area contributed by atoms with E-state index in [9.17, 15) is 9.59 Å². The Morgan fingerprint density at radius 1 is 1.08 bits per heavy atom. The van der Waals surface area contributed by atoms with Gasteiger partial charge in [-0.2, -0.15) is 0 Å². The van der Waals surface area contributed by atoms with Crippen LogP contribution in [0.1, 0.15) is 33.2 Å². The monoisotopic (exact) mass is 343 g/mol. The Morgan fingerprint density at radius 2 is 1.84 bits per heavy atom. The minimum Gasteiger partial charge on any atom is -0.490 e. The smallest absolute Gasteiger partial charge is 0.335 e. The summed E-state index contributed by atoms with van der Waals surface area (Å²) in [5, 5.41) is 11.8. The molecule has 0 bridgehead atoms. The molecule has 0 saturated carbocycles. The molecule has 0 unspecified atom stereocenters. The molecule has 1 amide bonds. The first-order chi connectivity index (χ1) is 12.0. The highest BCUT2D eigenvalue weighted by molar-refractivity contribution is 6.06. The maximum absolute atomic E-state index is 12.5. The summed E-state index contributed by atoms with van der Waals surface area (Å²) in [4.78, 5) is 23.6. The second-order valence-corrected chi connectivity index (χ2v) is 5.33. The number of aryl methyl sites for hydroxylation is 1. The molecule has 6 heteroatoms. The first kappa shape index (κ1) is 18.5. The number of anilines is 1. The molecule has 0 aliphatic heterocycles. The van der Waals surface area contributed by atoms with Crippen molar-refractivity contribution in [2.45, 2.75) is 13.8 Å². The summed E-state index contributed by atoms with van der Waals surface area (Å²) in [5.74, 6) is -0.850. The highest BCUT2D eigenvalue weighted by Crippen LogP contribution is 2.21. The summed E-state index contributed by atoms with van der Waals surface area (Å²) >= 11 is 0. The van der Waals surface area contributed by atoms with E-state index in [-0.39, 0.29) is 11.5 Å². The van der Waals surface area contributed by atoms with Gasteiger partial charge in [-0.05, 0) is 49.7 Å². The molecule has 0 saturated heterocycles. The number of ether oxygens (including phenoxy) is 2. The van der Waals surface area contributed by atoms with Gasteiger partial charge in [-0.3, -0.25) is 4.79 Å². The molecule has 0 radical (unpaired) electrons. The van der Waals surface area contributed by atoms with Crippen LogP contribution in [0.15, 0.2) is 42.5 Å². The fourth-order valence-electron chi connectivity index (χ4n) is 2.31. The second kappa shape index (κ2) is 8.84. The lowest BCUT2D eigenvalue weighted by Gasteiger charge is -2.12. The Labute approximate surface area is 146 Å². The molecule has 0 atom stereocenters. The van der Waals surface area contributed by atoms with Gasteiger partial charge in [-0.25, -0.2) is 4.79 Å². The highest BCUT2D eigenvalue weighted by Gasteiger charge is 2.14. The second-order valence-electron chi connectivity index (χ2n) is 5.33. The Bertz CT molecular complexity index is 757. The molecule has 0 fully saturated rings. The summed E-state index contributed by atoms with van der Waals surface area (Å²) < 4.78 is 10.8. The van der Waals surface area contributed by atoms with Crippen molar-refractivity contribution in [2.24, 2.45) is 0 Å². The number of carbonyl (C=O) groups excluding carboxylic acids is 1. The van der Waals surface area contributed by atoms with Gasteiger partial charge in [0.25, 0.3) is 5.91 Å². The van der Waals surface area contributed by atoms with Crippen LogP contribution in [0.25, 0.3) is 0 Å². The minimum absolute atomic E-state index is 0.206. The van der Waals surface area contributed by atoms with E-state index in [0.29, 0.717) is 42.4 Å². The molecule has 2 rings (SSSR count). The van der Waals surface area contributed by atoms with Crippen molar-refractivity contribution in [3.8, 4) is 5.75 Å². The van der Waals surface area contributed by atoms with Gasteiger partial charge >= 0.3 is 5.97 Å². The van der Waals surface area contributed by atoms with Crippen LogP contribution in [0, 0.1) is 6.92 Å². The third-order valence-corrected chi connectivity index (χ3v) is 3.54. The molecule has 2 aromatic rings. The molecule has 0 aromatic heterocycles. The molecule has 6 nitrogen and oxygen atoms in total. The van der Waals surface area contributed by atoms with Crippen molar-refractivity contribution in [2.75, 3.05) is 25.1 Å². The number of hydrogen-bond acceptors (Lipinski definition) is 4. The summed E-state index contributed by atoms with van der Waals surface area (Å²) in [5.41, 5.74) is 1.71. The highest BCUT2D eigenvalue weighted by atomic mass is 16.5. The van der Waals surface area contributed by atoms with E-state index in [1.807, 2.05) is 6.92 Å². The van der Waals surface area contributed by atoms with Gasteiger partial charge < -0.3 is 19.9 Å². The normalized spacial score (nSPS) is 10.3. The number of rotatable bonds is 8. The molecule has 2 N–H and O–H groups in total. The fraction of sp³-hybridized carbons (Fsp3) is 0.263. The standard InChI is InChI=1S/C19H21NO5/c1-3-24-10-11-25-17-7-5-4-6-16(17)18(21)20-14-8-9-15(19(22)23)13(2)12-14/h4-9,12H,3,10-11H2,1-2H3,(H,20,21)(H,22,23). The Balaban J connectivity index is 2.10. The Kier molecular flexibility index (Phi) is 6.54. The van der Waals surface area contributed by atoms with Crippen LogP contribution in [0.4, 0.5) is 5.69 Å². The van der Waals surface area contributed by atoms with Gasteiger partial charge in [0.2, 0.25) is 0 Å². The van der Waals surface area contributed by atoms with Crippen LogP contribution in [0.2, 0.25) is 0 Å². The van der Waals surface area contributed by atoms with Crippen LogP contribution >= 0.6 is 0 Å². The number of carboxylic acids is 1. The quantitative estimate of drug-likeness (QED) is 0.718. The maximum Gasteiger partial charge on any atom is 0.335 e. The first-order valence-corrected chi connectivity index (χ1v) is 7.97. The van der Waals surface area contributed by atoms with Crippen molar-refractivity contribution < 1.29 is 24.2 Å². The van der Waals surface area contributed by atoms with Crippen molar-refractivity contribution in [1.82, 2.24) is 0 Å². The minimum atomic E-state index is -0.997. The van der Waals surface area contributed by atoms with Crippen LogP contribution in [0.5, 0.6) is 5.75 Å². The lowest BCUT2D eigenvalue weighted by molar-refractivity contribution is 0.0696. The van der Waals surface area contributed by atoms with Crippen LogP contribution in [0.3, 0.4) is 0 Å². The summed E-state index contributed by atoms with van der Waals surface area (Å²) in [6.45, 7) is 4.99. The van der Waals surface area contributed by atoms with Crippen molar-refractivity contribution >= 4 is 17.6 Å². The SMILES string of the molecule is CCOCCOc1ccccc1C(=O)Nc1ccc(C(=O)O)c(C)c1. The van der Waals surface area contributed by atoms with E-state index in [0.717, 1.165) is 0 Å². The van der Waals surface area contributed by atoms with Gasteiger partial charge in [-0.1, -0.05) is 12.1 Å². The number of hydrogen-bond donors (Lipinski definition) is 2. The van der Waals surface area contributed by atoms with Crippen molar-refractivity contribution in [3.63, 3.8) is 0 Å². The van der Waals surface area contributed by atoms with E-state index >= 15 is 0 Å². The number of aromatic carboxylic acids is 1. The molecule has 132 valence electrons. The van der Waals surface area contributed by atoms with Crippen LogP contribution in [-0.4, -0.2) is 36.8 Å². The Hall–Kier alpha value is -2.86. The van der Waals surface area contributed by atoms with Gasteiger partial charge in [0.05, 0.1) is 17.7 Å². The average molecular weight is 343 g/mol. The molecular formula is C19H21NO5. The molecule has 25 heavy (non-hydrogen) atoms. The van der Waals surface area contributed by atoms with E-state index < -0.39 is 5.97 Å². The van der Waals surface area contributed by atoms with Gasteiger partial charge in [0.15, 0.2) is 0 Å². The number of amides is 1. The Morgan fingerprint density at radius 3 is 2.52 bits per heavy atom. The molecular weight excluding hydrogens is 322 g/mol. The van der Waals surface area contributed by atoms with E-state index in [1.54, 1.807) is 43.3 Å². The summed E-state index contributed by atoms with van der Waals surface area (Å²) in [7, 11) is 0. The molecule has 0 aliphatic rings. The third-order valence-electron chi connectivity index (χ3n) is 3.54. The number of carbonyl (C=O) groups is 2. The summed E-state index contributed by atoms with van der Waals surface area (Å²) in [6.07, 6.45) is 0.